The third-order valence-corrected chi connectivity index (χ3v) is 5.90. The average Bonchev–Trinajstić information content (AvgIpc) is 3.32. The van der Waals surface area contributed by atoms with Crippen molar-refractivity contribution >= 4 is 22.7 Å². The molecule has 0 fully saturated rings. The van der Waals surface area contributed by atoms with E-state index in [4.69, 9.17) is 4.74 Å². The molecule has 0 aliphatic heterocycles. The first-order chi connectivity index (χ1) is 11.8. The highest BCUT2D eigenvalue weighted by molar-refractivity contribution is 7.24. The average molecular weight is 350 g/mol. The molecule has 0 bridgehead atoms. The largest absolute Gasteiger partial charge is 0.497 e. The second-order valence-electron chi connectivity index (χ2n) is 5.15. The summed E-state index contributed by atoms with van der Waals surface area (Å²) >= 11 is 3.37. The molecule has 4 aromatic rings. The number of thiazole rings is 2. The van der Waals surface area contributed by atoms with E-state index in [1.165, 1.54) is 0 Å². The Kier molecular flexibility index (Phi) is 4.11. The zero-order valence-electron chi connectivity index (χ0n) is 13.0. The van der Waals surface area contributed by atoms with Gasteiger partial charge in [0, 0.05) is 23.5 Å². The molecule has 5 heteroatoms. The van der Waals surface area contributed by atoms with Gasteiger partial charge in [-0.1, -0.05) is 30.3 Å². The van der Waals surface area contributed by atoms with Crippen molar-refractivity contribution in [3.8, 4) is 36.6 Å². The van der Waals surface area contributed by atoms with Gasteiger partial charge >= 0.3 is 0 Å². The molecular formula is C19H14N2OS2. The second kappa shape index (κ2) is 6.55. The van der Waals surface area contributed by atoms with Gasteiger partial charge in [-0.15, -0.1) is 22.7 Å². The predicted molar refractivity (Wildman–Crippen MR) is 101 cm³/mol. The zero-order chi connectivity index (χ0) is 16.4. The van der Waals surface area contributed by atoms with E-state index in [9.17, 15) is 0 Å². The van der Waals surface area contributed by atoms with Gasteiger partial charge < -0.3 is 4.74 Å². The van der Waals surface area contributed by atoms with E-state index < -0.39 is 0 Å². The van der Waals surface area contributed by atoms with Gasteiger partial charge in [-0.2, -0.15) is 0 Å². The van der Waals surface area contributed by atoms with Crippen molar-refractivity contribution in [3.05, 3.63) is 67.0 Å². The van der Waals surface area contributed by atoms with Gasteiger partial charge in [0.25, 0.3) is 0 Å². The maximum absolute atomic E-state index is 5.20. The highest BCUT2D eigenvalue weighted by atomic mass is 32.1. The van der Waals surface area contributed by atoms with E-state index in [1.54, 1.807) is 29.8 Å². The van der Waals surface area contributed by atoms with Crippen LogP contribution in [0.3, 0.4) is 0 Å². The number of aromatic nitrogens is 2. The standard InChI is InChI=1S/C19H14N2OS2/c1-22-15-9-7-14(8-10-15)19-21-12-17(24-19)16-11-20-18(23-16)13-5-3-2-4-6-13/h2-12H,1H3. The lowest BCUT2D eigenvalue weighted by Gasteiger charge is -1.99. The van der Waals surface area contributed by atoms with Gasteiger partial charge in [-0.3, -0.25) is 0 Å². The first-order valence-electron chi connectivity index (χ1n) is 7.45. The molecule has 4 rings (SSSR count). The molecule has 3 nitrogen and oxygen atoms in total. The van der Waals surface area contributed by atoms with Crippen molar-refractivity contribution in [2.24, 2.45) is 0 Å². The number of rotatable bonds is 4. The number of ether oxygens (including phenoxy) is 1. The fraction of sp³-hybridized carbons (Fsp3) is 0.0526. The van der Waals surface area contributed by atoms with E-state index in [2.05, 4.69) is 22.1 Å². The normalized spacial score (nSPS) is 10.7. The van der Waals surface area contributed by atoms with Crippen LogP contribution in [0.2, 0.25) is 0 Å². The van der Waals surface area contributed by atoms with Crippen LogP contribution >= 0.6 is 22.7 Å². The van der Waals surface area contributed by atoms with Crippen LogP contribution in [0.5, 0.6) is 5.75 Å². The van der Waals surface area contributed by atoms with Gasteiger partial charge in [0.2, 0.25) is 0 Å². The molecule has 0 N–H and O–H groups in total. The van der Waals surface area contributed by atoms with E-state index in [-0.39, 0.29) is 0 Å². The number of benzene rings is 2. The van der Waals surface area contributed by atoms with Crippen LogP contribution in [0.25, 0.3) is 30.9 Å². The Morgan fingerprint density at radius 3 is 1.79 bits per heavy atom. The summed E-state index contributed by atoms with van der Waals surface area (Å²) in [5.74, 6) is 0.852. The predicted octanol–water partition coefficient (Wildman–Crippen LogP) is 5.61. The summed E-state index contributed by atoms with van der Waals surface area (Å²) in [4.78, 5) is 11.4. The molecule has 0 saturated heterocycles. The Hall–Kier alpha value is -2.50. The van der Waals surface area contributed by atoms with Crippen molar-refractivity contribution < 1.29 is 4.74 Å². The van der Waals surface area contributed by atoms with E-state index in [0.29, 0.717) is 0 Å². The Morgan fingerprint density at radius 2 is 1.25 bits per heavy atom. The van der Waals surface area contributed by atoms with Gasteiger partial charge in [-0.25, -0.2) is 9.97 Å². The van der Waals surface area contributed by atoms with Crippen LogP contribution in [0, 0.1) is 0 Å². The SMILES string of the molecule is COc1ccc(-c2ncc(-c3cnc(-c4ccccc4)s3)s2)cc1. The summed E-state index contributed by atoms with van der Waals surface area (Å²) in [6, 6.07) is 18.2. The Balaban J connectivity index is 1.62. The van der Waals surface area contributed by atoms with Crippen molar-refractivity contribution in [3.63, 3.8) is 0 Å². The maximum atomic E-state index is 5.20. The lowest BCUT2D eigenvalue weighted by Crippen LogP contribution is -1.81. The molecule has 0 spiro atoms. The minimum atomic E-state index is 0.852. The minimum Gasteiger partial charge on any atom is -0.497 e. The lowest BCUT2D eigenvalue weighted by atomic mass is 10.2. The molecule has 24 heavy (non-hydrogen) atoms. The topological polar surface area (TPSA) is 35.0 Å². The summed E-state index contributed by atoms with van der Waals surface area (Å²) in [5, 5.41) is 2.03. The summed E-state index contributed by atoms with van der Waals surface area (Å²) in [6.45, 7) is 0. The molecule has 0 unspecified atom stereocenters. The highest BCUT2D eigenvalue weighted by Gasteiger charge is 2.11. The van der Waals surface area contributed by atoms with Crippen molar-refractivity contribution in [1.29, 1.82) is 0 Å². The molecule has 0 saturated carbocycles. The molecule has 0 aliphatic rings. The summed E-state index contributed by atoms with van der Waals surface area (Å²) in [5.41, 5.74) is 2.24. The molecular weight excluding hydrogens is 336 g/mol. The molecule has 118 valence electrons. The van der Waals surface area contributed by atoms with Crippen LogP contribution in [-0.4, -0.2) is 17.1 Å². The van der Waals surface area contributed by atoms with Gasteiger partial charge in [0.1, 0.15) is 15.8 Å². The monoisotopic (exact) mass is 350 g/mol. The number of hydrogen-bond donors (Lipinski definition) is 0. The van der Waals surface area contributed by atoms with Crippen LogP contribution in [0.4, 0.5) is 0 Å². The van der Waals surface area contributed by atoms with Crippen LogP contribution < -0.4 is 4.74 Å². The molecule has 2 aromatic carbocycles. The fourth-order valence-electron chi connectivity index (χ4n) is 2.36. The quantitative estimate of drug-likeness (QED) is 0.480. The molecule has 2 heterocycles. The molecule has 0 aliphatic carbocycles. The number of nitrogens with zero attached hydrogens (tertiary/aromatic N) is 2. The lowest BCUT2D eigenvalue weighted by molar-refractivity contribution is 0.415. The van der Waals surface area contributed by atoms with E-state index in [1.807, 2.05) is 54.9 Å². The Labute approximate surface area is 148 Å². The number of methoxy groups -OCH3 is 1. The third-order valence-electron chi connectivity index (χ3n) is 3.61. The Bertz CT molecular complexity index is 943. The maximum Gasteiger partial charge on any atom is 0.123 e. The van der Waals surface area contributed by atoms with Crippen molar-refractivity contribution in [2.75, 3.05) is 7.11 Å². The van der Waals surface area contributed by atoms with Gasteiger partial charge in [0.05, 0.1) is 16.9 Å². The van der Waals surface area contributed by atoms with E-state index >= 15 is 0 Å². The van der Waals surface area contributed by atoms with E-state index in [0.717, 1.165) is 36.6 Å². The van der Waals surface area contributed by atoms with Crippen LogP contribution in [0.1, 0.15) is 0 Å². The molecule has 0 atom stereocenters. The van der Waals surface area contributed by atoms with Crippen LogP contribution in [-0.2, 0) is 0 Å². The summed E-state index contributed by atoms with van der Waals surface area (Å²) in [6.07, 6.45) is 3.85. The zero-order valence-corrected chi connectivity index (χ0v) is 14.6. The summed E-state index contributed by atoms with van der Waals surface area (Å²) in [7, 11) is 1.67. The molecule has 2 aromatic heterocycles. The Morgan fingerprint density at radius 1 is 0.708 bits per heavy atom. The number of hydrogen-bond acceptors (Lipinski definition) is 5. The fourth-order valence-corrected chi connectivity index (χ4v) is 4.26. The smallest absolute Gasteiger partial charge is 0.123 e. The van der Waals surface area contributed by atoms with Crippen molar-refractivity contribution in [2.45, 2.75) is 0 Å². The molecule has 0 radical (unpaired) electrons. The minimum absolute atomic E-state index is 0.852. The van der Waals surface area contributed by atoms with Gasteiger partial charge in [0.15, 0.2) is 0 Å². The summed E-state index contributed by atoms with van der Waals surface area (Å²) < 4.78 is 5.20. The highest BCUT2D eigenvalue weighted by Crippen LogP contribution is 2.37. The first-order valence-corrected chi connectivity index (χ1v) is 9.08. The van der Waals surface area contributed by atoms with Gasteiger partial charge in [-0.05, 0) is 24.3 Å². The van der Waals surface area contributed by atoms with Crippen LogP contribution in [0.15, 0.2) is 67.0 Å². The first kappa shape index (κ1) is 15.1. The second-order valence-corrected chi connectivity index (χ2v) is 7.22. The third kappa shape index (κ3) is 2.96. The molecule has 0 amide bonds. The van der Waals surface area contributed by atoms with Crippen molar-refractivity contribution in [1.82, 2.24) is 9.97 Å².